The van der Waals surface area contributed by atoms with Crippen molar-refractivity contribution in [1.82, 2.24) is 0 Å². The Bertz CT molecular complexity index is 1050. The van der Waals surface area contributed by atoms with Crippen LogP contribution < -0.4 is 9.13 Å². The van der Waals surface area contributed by atoms with E-state index in [1.165, 1.54) is 16.8 Å². The Labute approximate surface area is 141 Å². The van der Waals surface area contributed by atoms with E-state index in [4.69, 9.17) is 4.42 Å². The number of hydrogen-bond acceptors (Lipinski definition) is 1. The predicted octanol–water partition coefficient (Wildman–Crippen LogP) is 3.72. The fourth-order valence-electron chi connectivity index (χ4n) is 3.26. The molecule has 0 radical (unpaired) electrons. The first-order valence-electron chi connectivity index (χ1n) is 8.10. The molecule has 0 saturated heterocycles. The van der Waals surface area contributed by atoms with Crippen LogP contribution in [0.3, 0.4) is 0 Å². The molecule has 2 aromatic heterocycles. The number of pyridine rings is 1. The van der Waals surface area contributed by atoms with Gasteiger partial charge in [-0.2, -0.15) is 9.13 Å². The highest BCUT2D eigenvalue weighted by atomic mass is 16.4. The van der Waals surface area contributed by atoms with Crippen LogP contribution in [-0.2, 0) is 14.1 Å². The van der Waals surface area contributed by atoms with Crippen molar-refractivity contribution in [3.63, 3.8) is 0 Å². The first-order valence-corrected chi connectivity index (χ1v) is 8.10. The minimum absolute atomic E-state index is 0.856. The second-order valence-electron chi connectivity index (χ2n) is 6.10. The van der Waals surface area contributed by atoms with Crippen LogP contribution in [0.1, 0.15) is 5.56 Å². The predicted molar refractivity (Wildman–Crippen MR) is 94.2 cm³/mol. The summed E-state index contributed by atoms with van der Waals surface area (Å²) < 4.78 is 10.4. The lowest BCUT2D eigenvalue weighted by Gasteiger charge is -2.05. The summed E-state index contributed by atoms with van der Waals surface area (Å²) in [7, 11) is 4.13. The minimum Gasteiger partial charge on any atom is -0.393 e. The summed E-state index contributed by atoms with van der Waals surface area (Å²) in [6, 6.07) is 22.9. The van der Waals surface area contributed by atoms with E-state index in [9.17, 15) is 0 Å². The molecule has 3 nitrogen and oxygen atoms in total. The molecule has 0 atom stereocenters. The number of oxazole rings is 1. The van der Waals surface area contributed by atoms with Crippen molar-refractivity contribution in [3.8, 4) is 22.8 Å². The average Bonchev–Trinajstić information content (AvgIpc) is 2.93. The molecule has 0 bridgehead atoms. The molecular formula is C21H20N2O+2. The van der Waals surface area contributed by atoms with Crippen LogP contribution in [0.5, 0.6) is 0 Å². The van der Waals surface area contributed by atoms with Crippen molar-refractivity contribution in [2.75, 3.05) is 0 Å². The first kappa shape index (κ1) is 14.6. The Kier molecular flexibility index (Phi) is 3.42. The number of hydrogen-bond donors (Lipinski definition) is 0. The Balaban J connectivity index is 1.95. The Morgan fingerprint density at radius 1 is 0.708 bits per heavy atom. The van der Waals surface area contributed by atoms with Crippen LogP contribution >= 0.6 is 0 Å². The van der Waals surface area contributed by atoms with Crippen LogP contribution in [0.4, 0.5) is 0 Å². The zero-order valence-corrected chi connectivity index (χ0v) is 14.2. The molecule has 0 aliphatic carbocycles. The van der Waals surface area contributed by atoms with Crippen LogP contribution in [0, 0.1) is 6.92 Å². The van der Waals surface area contributed by atoms with E-state index in [1.807, 2.05) is 25.2 Å². The van der Waals surface area contributed by atoms with E-state index in [0.29, 0.717) is 0 Å². The van der Waals surface area contributed by atoms with E-state index < -0.39 is 0 Å². The molecule has 0 amide bonds. The maximum atomic E-state index is 6.13. The van der Waals surface area contributed by atoms with Gasteiger partial charge in [-0.3, -0.25) is 0 Å². The van der Waals surface area contributed by atoms with Crippen molar-refractivity contribution in [1.29, 1.82) is 0 Å². The number of aryl methyl sites for hydroxylation is 2. The van der Waals surface area contributed by atoms with Gasteiger partial charge in [0.05, 0.1) is 0 Å². The second-order valence-corrected chi connectivity index (χ2v) is 6.10. The zero-order chi connectivity index (χ0) is 16.7. The highest BCUT2D eigenvalue weighted by Crippen LogP contribution is 2.24. The lowest BCUT2D eigenvalue weighted by Crippen LogP contribution is -2.39. The van der Waals surface area contributed by atoms with Crippen LogP contribution in [0.25, 0.3) is 33.9 Å². The highest BCUT2D eigenvalue weighted by molar-refractivity contribution is 5.70. The summed E-state index contributed by atoms with van der Waals surface area (Å²) >= 11 is 0. The van der Waals surface area contributed by atoms with Crippen LogP contribution in [-0.4, -0.2) is 0 Å². The van der Waals surface area contributed by atoms with E-state index >= 15 is 0 Å². The molecular weight excluding hydrogens is 296 g/mol. The van der Waals surface area contributed by atoms with Gasteiger partial charge in [0.2, 0.25) is 11.3 Å². The molecule has 0 unspecified atom stereocenters. The maximum Gasteiger partial charge on any atom is 0.448 e. The van der Waals surface area contributed by atoms with Gasteiger partial charge in [0.1, 0.15) is 14.1 Å². The SMILES string of the molecule is Cc1ccccc1-c1cccc(-c2oc3ccccc3[n+]2C)[n+]1C. The summed E-state index contributed by atoms with van der Waals surface area (Å²) in [6.07, 6.45) is 0. The smallest absolute Gasteiger partial charge is 0.393 e. The Morgan fingerprint density at radius 3 is 2.21 bits per heavy atom. The lowest BCUT2D eigenvalue weighted by molar-refractivity contribution is -0.675. The van der Waals surface area contributed by atoms with Gasteiger partial charge in [-0.1, -0.05) is 30.3 Å². The van der Waals surface area contributed by atoms with Crippen molar-refractivity contribution < 1.29 is 13.6 Å². The zero-order valence-electron chi connectivity index (χ0n) is 14.2. The van der Waals surface area contributed by atoms with E-state index in [-0.39, 0.29) is 0 Å². The van der Waals surface area contributed by atoms with Crippen molar-refractivity contribution >= 4 is 11.1 Å². The molecule has 0 aliphatic rings. The molecule has 2 heterocycles. The Hall–Kier alpha value is -2.94. The fourth-order valence-corrected chi connectivity index (χ4v) is 3.26. The molecule has 2 aromatic carbocycles. The first-order chi connectivity index (χ1) is 11.7. The lowest BCUT2D eigenvalue weighted by atomic mass is 10.0. The molecule has 0 aliphatic heterocycles. The molecule has 118 valence electrons. The van der Waals surface area contributed by atoms with Gasteiger partial charge in [0.15, 0.2) is 0 Å². The molecule has 4 rings (SSSR count). The third-order valence-corrected chi connectivity index (χ3v) is 4.61. The number of rotatable bonds is 2. The molecule has 0 fully saturated rings. The standard InChI is InChI=1S/C21H20N2O/c1-15-9-4-5-10-16(15)17-12-8-13-19(22(17)2)21-23(3)18-11-6-7-14-20(18)24-21/h4-14H,1-3H3/q+2. The summed E-state index contributed by atoms with van der Waals surface area (Å²) in [5, 5.41) is 0. The Morgan fingerprint density at radius 2 is 1.42 bits per heavy atom. The van der Waals surface area contributed by atoms with Gasteiger partial charge < -0.3 is 4.42 Å². The average molecular weight is 316 g/mol. The monoisotopic (exact) mass is 316 g/mol. The van der Waals surface area contributed by atoms with Crippen molar-refractivity contribution in [2.45, 2.75) is 6.92 Å². The van der Waals surface area contributed by atoms with Gasteiger partial charge in [-0.25, -0.2) is 0 Å². The summed E-state index contributed by atoms with van der Waals surface area (Å²) in [5.41, 5.74) is 6.71. The van der Waals surface area contributed by atoms with Crippen molar-refractivity contribution in [2.24, 2.45) is 14.1 Å². The van der Waals surface area contributed by atoms with Gasteiger partial charge in [-0.15, -0.1) is 0 Å². The molecule has 3 heteroatoms. The third-order valence-electron chi connectivity index (χ3n) is 4.61. The number of aromatic nitrogens is 2. The van der Waals surface area contributed by atoms with Crippen molar-refractivity contribution in [3.05, 3.63) is 72.3 Å². The maximum absolute atomic E-state index is 6.13. The molecule has 4 aromatic rings. The highest BCUT2D eigenvalue weighted by Gasteiger charge is 2.29. The largest absolute Gasteiger partial charge is 0.448 e. The summed E-state index contributed by atoms with van der Waals surface area (Å²) in [5.74, 6) is 0.856. The summed E-state index contributed by atoms with van der Waals surface area (Å²) in [6.45, 7) is 2.14. The fraction of sp³-hybridized carbons (Fsp3) is 0.143. The molecule has 0 saturated carbocycles. The van der Waals surface area contributed by atoms with Crippen LogP contribution in [0.2, 0.25) is 0 Å². The van der Waals surface area contributed by atoms with Gasteiger partial charge in [0, 0.05) is 23.8 Å². The van der Waals surface area contributed by atoms with Gasteiger partial charge >= 0.3 is 11.6 Å². The molecule has 0 spiro atoms. The quantitative estimate of drug-likeness (QED) is 0.516. The molecule has 24 heavy (non-hydrogen) atoms. The number of fused-ring (bicyclic) bond motifs is 1. The van der Waals surface area contributed by atoms with Crippen LogP contribution in [0.15, 0.2) is 71.1 Å². The third kappa shape index (κ3) is 2.21. The summed E-state index contributed by atoms with van der Waals surface area (Å²) in [4.78, 5) is 0. The number of nitrogens with zero attached hydrogens (tertiary/aromatic N) is 2. The topological polar surface area (TPSA) is 20.9 Å². The molecule has 0 N–H and O–H groups in total. The number of para-hydroxylation sites is 2. The normalized spacial score (nSPS) is 11.1. The second kappa shape index (κ2) is 5.60. The van der Waals surface area contributed by atoms with E-state index in [2.05, 4.69) is 71.6 Å². The number of benzene rings is 2. The minimum atomic E-state index is 0.856. The van der Waals surface area contributed by atoms with E-state index in [1.54, 1.807) is 0 Å². The van der Waals surface area contributed by atoms with Gasteiger partial charge in [-0.05, 0) is 30.7 Å². The van der Waals surface area contributed by atoms with Gasteiger partial charge in [0.25, 0.3) is 5.52 Å². The van der Waals surface area contributed by atoms with E-state index in [0.717, 1.165) is 22.7 Å².